The van der Waals surface area contributed by atoms with E-state index < -0.39 is 0 Å². The third-order valence-electron chi connectivity index (χ3n) is 2.79. The zero-order valence-corrected chi connectivity index (χ0v) is 13.4. The van der Waals surface area contributed by atoms with Crippen molar-refractivity contribution in [1.29, 1.82) is 0 Å². The van der Waals surface area contributed by atoms with Gasteiger partial charge in [-0.05, 0) is 30.5 Å². The molecule has 0 spiro atoms. The van der Waals surface area contributed by atoms with Gasteiger partial charge in [0.05, 0.1) is 10.6 Å². The molecule has 5 nitrogen and oxygen atoms in total. The number of thiophene rings is 1. The topological polar surface area (TPSA) is 68.0 Å². The molecule has 2 aromatic heterocycles. The molecule has 0 aliphatic carbocycles. The van der Waals surface area contributed by atoms with Crippen LogP contribution in [0.3, 0.4) is 0 Å². The predicted molar refractivity (Wildman–Crippen MR) is 88.1 cm³/mol. The zero-order valence-electron chi connectivity index (χ0n) is 11.8. The summed E-state index contributed by atoms with van der Waals surface area (Å²) in [6, 6.07) is 11.9. The van der Waals surface area contributed by atoms with E-state index in [1.807, 2.05) is 48.7 Å². The van der Waals surface area contributed by atoms with Crippen LogP contribution in [0.4, 0.5) is 6.01 Å². The van der Waals surface area contributed by atoms with Crippen molar-refractivity contribution in [1.82, 2.24) is 10.2 Å². The van der Waals surface area contributed by atoms with E-state index in [0.29, 0.717) is 11.6 Å². The highest BCUT2D eigenvalue weighted by Crippen LogP contribution is 2.24. The van der Waals surface area contributed by atoms with Gasteiger partial charge in [0.1, 0.15) is 0 Å². The van der Waals surface area contributed by atoms with Crippen LogP contribution in [-0.4, -0.2) is 21.9 Å². The van der Waals surface area contributed by atoms with E-state index >= 15 is 0 Å². The van der Waals surface area contributed by atoms with Gasteiger partial charge in [0.25, 0.3) is 5.89 Å². The van der Waals surface area contributed by atoms with E-state index in [-0.39, 0.29) is 11.9 Å². The summed E-state index contributed by atoms with van der Waals surface area (Å²) in [7, 11) is 0. The fourth-order valence-corrected chi connectivity index (χ4v) is 3.05. The maximum absolute atomic E-state index is 11.9. The molecule has 7 heteroatoms. The van der Waals surface area contributed by atoms with E-state index in [0.717, 1.165) is 9.77 Å². The van der Waals surface area contributed by atoms with Crippen LogP contribution in [0.25, 0.3) is 10.8 Å². The Morgan fingerprint density at radius 1 is 1.27 bits per heavy atom. The number of hydrogen-bond donors (Lipinski definition) is 1. The molecule has 112 valence electrons. The number of benzene rings is 1. The first-order valence-electron chi connectivity index (χ1n) is 6.57. The minimum Gasteiger partial charge on any atom is -0.402 e. The SMILES string of the molecule is Cc1ccc(SCC(=O)Nc2nnc(-c3cccs3)o2)cc1. The van der Waals surface area contributed by atoms with Crippen LogP contribution in [0.2, 0.25) is 0 Å². The monoisotopic (exact) mass is 331 g/mol. The molecule has 22 heavy (non-hydrogen) atoms. The molecule has 0 atom stereocenters. The number of amides is 1. The molecular weight excluding hydrogens is 318 g/mol. The summed E-state index contributed by atoms with van der Waals surface area (Å²) in [4.78, 5) is 13.8. The third-order valence-corrected chi connectivity index (χ3v) is 4.66. The van der Waals surface area contributed by atoms with Crippen molar-refractivity contribution in [3.05, 3.63) is 47.3 Å². The number of aryl methyl sites for hydroxylation is 1. The lowest BCUT2D eigenvalue weighted by molar-refractivity contribution is -0.113. The van der Waals surface area contributed by atoms with Crippen molar-refractivity contribution in [3.8, 4) is 10.8 Å². The standard InChI is InChI=1S/C15H13N3O2S2/c1-10-4-6-11(7-5-10)22-9-13(19)16-15-18-17-14(20-15)12-3-2-8-21-12/h2-8H,9H2,1H3,(H,16,18,19). The summed E-state index contributed by atoms with van der Waals surface area (Å²) in [5, 5.41) is 12.3. The highest BCUT2D eigenvalue weighted by molar-refractivity contribution is 8.00. The van der Waals surface area contributed by atoms with Crippen LogP contribution >= 0.6 is 23.1 Å². The molecule has 0 bridgehead atoms. The lowest BCUT2D eigenvalue weighted by Crippen LogP contribution is -2.14. The third kappa shape index (κ3) is 3.75. The van der Waals surface area contributed by atoms with Crippen LogP contribution in [0, 0.1) is 6.92 Å². The minimum absolute atomic E-state index is 0.123. The number of carbonyl (C=O) groups is 1. The zero-order chi connectivity index (χ0) is 15.4. The Labute approximate surface area is 135 Å². The first-order chi connectivity index (χ1) is 10.7. The van der Waals surface area contributed by atoms with Gasteiger partial charge in [-0.3, -0.25) is 10.1 Å². The van der Waals surface area contributed by atoms with E-state index in [4.69, 9.17) is 4.42 Å². The van der Waals surface area contributed by atoms with E-state index in [9.17, 15) is 4.79 Å². The van der Waals surface area contributed by atoms with Gasteiger partial charge in [0, 0.05) is 4.90 Å². The summed E-state index contributed by atoms with van der Waals surface area (Å²) in [5.41, 5.74) is 1.20. The molecule has 1 amide bonds. The fourth-order valence-electron chi connectivity index (χ4n) is 1.71. The predicted octanol–water partition coefficient (Wildman–Crippen LogP) is 3.84. The number of rotatable bonds is 5. The van der Waals surface area contributed by atoms with E-state index in [2.05, 4.69) is 15.5 Å². The molecule has 0 unspecified atom stereocenters. The lowest BCUT2D eigenvalue weighted by Gasteiger charge is -2.01. The van der Waals surface area contributed by atoms with Crippen molar-refractivity contribution in [2.45, 2.75) is 11.8 Å². The molecule has 0 aliphatic rings. The van der Waals surface area contributed by atoms with Crippen molar-refractivity contribution in [2.24, 2.45) is 0 Å². The van der Waals surface area contributed by atoms with E-state index in [1.165, 1.54) is 28.7 Å². The van der Waals surface area contributed by atoms with Gasteiger partial charge in [-0.1, -0.05) is 28.9 Å². The summed E-state index contributed by atoms with van der Waals surface area (Å²) in [5.74, 6) is 0.531. The molecule has 1 N–H and O–H groups in total. The van der Waals surface area contributed by atoms with Gasteiger partial charge in [-0.2, -0.15) is 0 Å². The number of nitrogens with zero attached hydrogens (tertiary/aromatic N) is 2. The minimum atomic E-state index is -0.174. The van der Waals surface area contributed by atoms with Gasteiger partial charge in [-0.15, -0.1) is 28.2 Å². The molecular formula is C15H13N3O2S2. The Bertz CT molecular complexity index is 751. The molecule has 0 radical (unpaired) electrons. The number of anilines is 1. The van der Waals surface area contributed by atoms with Crippen LogP contribution < -0.4 is 5.32 Å². The number of hydrogen-bond acceptors (Lipinski definition) is 6. The normalized spacial score (nSPS) is 10.6. The van der Waals surface area contributed by atoms with Gasteiger partial charge in [0.2, 0.25) is 5.91 Å². The molecule has 3 aromatic rings. The summed E-state index contributed by atoms with van der Waals surface area (Å²) >= 11 is 2.97. The molecule has 1 aromatic carbocycles. The Morgan fingerprint density at radius 2 is 2.09 bits per heavy atom. The van der Waals surface area contributed by atoms with Gasteiger partial charge >= 0.3 is 6.01 Å². The first kappa shape index (κ1) is 14.8. The van der Waals surface area contributed by atoms with Gasteiger partial charge in [-0.25, -0.2) is 0 Å². The summed E-state index contributed by atoms with van der Waals surface area (Å²) < 4.78 is 5.41. The molecule has 0 saturated carbocycles. The second-order valence-electron chi connectivity index (χ2n) is 4.54. The largest absolute Gasteiger partial charge is 0.402 e. The smallest absolute Gasteiger partial charge is 0.322 e. The summed E-state index contributed by atoms with van der Waals surface area (Å²) in [6.07, 6.45) is 0. The van der Waals surface area contributed by atoms with Crippen molar-refractivity contribution in [3.63, 3.8) is 0 Å². The fraction of sp³-hybridized carbons (Fsp3) is 0.133. The number of aromatic nitrogens is 2. The van der Waals surface area contributed by atoms with Crippen molar-refractivity contribution >= 4 is 35.0 Å². The average Bonchev–Trinajstić information content (AvgIpc) is 3.17. The van der Waals surface area contributed by atoms with Crippen LogP contribution in [0.15, 0.2) is 51.1 Å². The Morgan fingerprint density at radius 3 is 2.82 bits per heavy atom. The van der Waals surface area contributed by atoms with Crippen LogP contribution in [0.5, 0.6) is 0 Å². The highest BCUT2D eigenvalue weighted by atomic mass is 32.2. The van der Waals surface area contributed by atoms with Gasteiger partial charge in [0.15, 0.2) is 0 Å². The van der Waals surface area contributed by atoms with Crippen LogP contribution in [-0.2, 0) is 4.79 Å². The Kier molecular flexibility index (Phi) is 4.55. The maximum atomic E-state index is 11.9. The lowest BCUT2D eigenvalue weighted by atomic mass is 10.2. The molecule has 0 aliphatic heterocycles. The highest BCUT2D eigenvalue weighted by Gasteiger charge is 2.12. The molecule has 0 fully saturated rings. The second-order valence-corrected chi connectivity index (χ2v) is 6.54. The Hall–Kier alpha value is -2.12. The maximum Gasteiger partial charge on any atom is 0.322 e. The van der Waals surface area contributed by atoms with Crippen molar-refractivity contribution in [2.75, 3.05) is 11.1 Å². The van der Waals surface area contributed by atoms with Crippen molar-refractivity contribution < 1.29 is 9.21 Å². The molecule has 3 rings (SSSR count). The number of thioether (sulfide) groups is 1. The van der Waals surface area contributed by atoms with E-state index in [1.54, 1.807) is 0 Å². The quantitative estimate of drug-likeness (QED) is 0.720. The summed E-state index contributed by atoms with van der Waals surface area (Å²) in [6.45, 7) is 2.03. The number of carbonyl (C=O) groups excluding carboxylic acids is 1. The van der Waals surface area contributed by atoms with Gasteiger partial charge < -0.3 is 4.42 Å². The molecule has 2 heterocycles. The second kappa shape index (κ2) is 6.76. The molecule has 0 saturated heterocycles. The average molecular weight is 331 g/mol. The number of nitrogens with one attached hydrogen (secondary N) is 1. The first-order valence-corrected chi connectivity index (χ1v) is 8.44. The Balaban J connectivity index is 1.54. The van der Waals surface area contributed by atoms with Crippen LogP contribution in [0.1, 0.15) is 5.56 Å².